The zero-order chi connectivity index (χ0) is 32.7. The van der Waals surface area contributed by atoms with E-state index in [4.69, 9.17) is 25.8 Å². The topological polar surface area (TPSA) is 126 Å². The van der Waals surface area contributed by atoms with Crippen molar-refractivity contribution in [1.82, 2.24) is 24.3 Å². The maximum absolute atomic E-state index is 14.1. The molecule has 0 aliphatic carbocycles. The second-order valence-electron chi connectivity index (χ2n) is 11.2. The third-order valence-corrected chi connectivity index (χ3v) is 11.4. The normalized spacial score (nSPS) is 17.0. The molecule has 242 valence electrons. The molecule has 0 bridgehead atoms. The highest BCUT2D eigenvalue weighted by atomic mass is 35.5. The molecule has 0 saturated heterocycles. The molecule has 3 aromatic heterocycles. The first-order valence-corrected chi connectivity index (χ1v) is 17.6. The van der Waals surface area contributed by atoms with Crippen LogP contribution in [0.15, 0.2) is 46.8 Å². The molecule has 1 unspecified atom stereocenters. The molecule has 0 radical (unpaired) electrons. The molecule has 11 nitrogen and oxygen atoms in total. The molecule has 0 amide bonds. The summed E-state index contributed by atoms with van der Waals surface area (Å²) in [5.74, 6) is -0.164. The van der Waals surface area contributed by atoms with Crippen LogP contribution in [-0.4, -0.2) is 65.0 Å². The number of halogens is 1. The summed E-state index contributed by atoms with van der Waals surface area (Å²) in [6.07, 6.45) is 1.62. The standard InChI is InChI=1S/C32H34ClN5O6S2/c1-6-23-17-38(46(40,41)27-12-22(33)15-34-32(27)44-23)16-21-11-20(10-19-8-9-45-31(19)21)25(14-28(39)43-7-2)24-13-26(42-5)30-29(18(24)3)35-36-37(30)4/h8-13,15,23,25H,6-7,14,16-17H2,1-5H3/t23-,25?/m1/s1. The van der Waals surface area contributed by atoms with Gasteiger partial charge in [0.1, 0.15) is 27.8 Å². The maximum atomic E-state index is 14.1. The van der Waals surface area contributed by atoms with E-state index in [9.17, 15) is 13.2 Å². The fraction of sp³-hybridized carbons (Fsp3) is 0.375. The Morgan fingerprint density at radius 2 is 2.04 bits per heavy atom. The van der Waals surface area contributed by atoms with Crippen molar-refractivity contribution in [2.75, 3.05) is 20.3 Å². The number of pyridine rings is 1. The van der Waals surface area contributed by atoms with Crippen LogP contribution < -0.4 is 9.47 Å². The zero-order valence-corrected chi connectivity index (χ0v) is 28.5. The molecular formula is C32H34ClN5O6S2. The van der Waals surface area contributed by atoms with Crippen LogP contribution in [0.3, 0.4) is 0 Å². The van der Waals surface area contributed by atoms with Gasteiger partial charge in [0.15, 0.2) is 0 Å². The Morgan fingerprint density at radius 3 is 2.78 bits per heavy atom. The first kappa shape index (κ1) is 32.2. The van der Waals surface area contributed by atoms with Gasteiger partial charge in [0.2, 0.25) is 15.9 Å². The minimum Gasteiger partial charge on any atom is -0.494 e. The number of methoxy groups -OCH3 is 1. The van der Waals surface area contributed by atoms with Crippen LogP contribution in [0, 0.1) is 6.92 Å². The summed E-state index contributed by atoms with van der Waals surface area (Å²) >= 11 is 7.73. The minimum absolute atomic E-state index is 0.0482. The average Bonchev–Trinajstić information content (AvgIpc) is 3.65. The number of fused-ring (bicyclic) bond motifs is 3. The quantitative estimate of drug-likeness (QED) is 0.172. The number of ether oxygens (including phenoxy) is 3. The van der Waals surface area contributed by atoms with E-state index in [0.29, 0.717) is 17.7 Å². The zero-order valence-electron chi connectivity index (χ0n) is 26.1. The van der Waals surface area contributed by atoms with Gasteiger partial charge < -0.3 is 14.2 Å². The monoisotopic (exact) mass is 683 g/mol. The molecule has 0 N–H and O–H groups in total. The summed E-state index contributed by atoms with van der Waals surface area (Å²) in [4.78, 5) is 17.2. The molecule has 14 heteroatoms. The Labute approximate surface area is 276 Å². The van der Waals surface area contributed by atoms with Gasteiger partial charge in [-0.1, -0.05) is 29.8 Å². The molecule has 2 aromatic carbocycles. The number of aryl methyl sites for hydroxylation is 2. The lowest BCUT2D eigenvalue weighted by Crippen LogP contribution is -2.36. The molecule has 1 aliphatic heterocycles. The third kappa shape index (κ3) is 5.81. The van der Waals surface area contributed by atoms with Crippen molar-refractivity contribution in [1.29, 1.82) is 0 Å². The minimum atomic E-state index is -4.03. The van der Waals surface area contributed by atoms with Crippen molar-refractivity contribution in [3.05, 3.63) is 69.2 Å². The summed E-state index contributed by atoms with van der Waals surface area (Å²) in [5.41, 5.74) is 4.77. The van der Waals surface area contributed by atoms with Gasteiger partial charge in [-0.05, 0) is 77.6 Å². The van der Waals surface area contributed by atoms with E-state index >= 15 is 0 Å². The molecular weight excluding hydrogens is 650 g/mol. The fourth-order valence-electron chi connectivity index (χ4n) is 6.05. The second kappa shape index (κ2) is 12.8. The molecule has 0 spiro atoms. The van der Waals surface area contributed by atoms with Crippen LogP contribution in [-0.2, 0) is 33.1 Å². The van der Waals surface area contributed by atoms with Crippen LogP contribution in [0.4, 0.5) is 0 Å². The Kier molecular flexibility index (Phi) is 8.94. The summed E-state index contributed by atoms with van der Waals surface area (Å²) < 4.78 is 49.4. The van der Waals surface area contributed by atoms with Crippen molar-refractivity contribution in [2.24, 2.45) is 7.05 Å². The van der Waals surface area contributed by atoms with Gasteiger partial charge in [-0.2, -0.15) is 4.31 Å². The molecule has 6 rings (SSSR count). The second-order valence-corrected chi connectivity index (χ2v) is 14.4. The molecule has 2 atom stereocenters. The fourth-order valence-corrected chi connectivity index (χ4v) is 8.70. The van der Waals surface area contributed by atoms with Gasteiger partial charge in [-0.3, -0.25) is 4.79 Å². The van der Waals surface area contributed by atoms with Crippen LogP contribution >= 0.6 is 22.9 Å². The highest BCUT2D eigenvalue weighted by Gasteiger charge is 2.36. The van der Waals surface area contributed by atoms with E-state index in [-0.39, 0.29) is 47.9 Å². The Hall–Kier alpha value is -3.78. The smallest absolute Gasteiger partial charge is 0.306 e. The molecule has 46 heavy (non-hydrogen) atoms. The third-order valence-electron chi connectivity index (χ3n) is 8.35. The van der Waals surface area contributed by atoms with Gasteiger partial charge in [-0.15, -0.1) is 16.4 Å². The van der Waals surface area contributed by atoms with Gasteiger partial charge in [0.25, 0.3) is 0 Å². The molecule has 0 saturated carbocycles. The highest BCUT2D eigenvalue weighted by molar-refractivity contribution is 7.89. The Bertz CT molecular complexity index is 2060. The number of benzene rings is 2. The Morgan fingerprint density at radius 1 is 1.24 bits per heavy atom. The number of sulfonamides is 1. The summed E-state index contributed by atoms with van der Waals surface area (Å²) in [6, 6.07) is 9.37. The maximum Gasteiger partial charge on any atom is 0.306 e. The van der Waals surface area contributed by atoms with Crippen LogP contribution in [0.5, 0.6) is 11.6 Å². The number of esters is 1. The number of rotatable bonds is 9. The molecule has 0 fully saturated rings. The largest absolute Gasteiger partial charge is 0.494 e. The van der Waals surface area contributed by atoms with Gasteiger partial charge in [0, 0.05) is 30.4 Å². The molecule has 1 aliphatic rings. The lowest BCUT2D eigenvalue weighted by molar-refractivity contribution is -0.143. The van der Waals surface area contributed by atoms with E-state index in [1.165, 1.54) is 27.9 Å². The number of carbonyl (C=O) groups is 1. The lowest BCUT2D eigenvalue weighted by Gasteiger charge is -2.25. The van der Waals surface area contributed by atoms with E-state index in [1.54, 1.807) is 25.8 Å². The Balaban J connectivity index is 1.50. The van der Waals surface area contributed by atoms with Gasteiger partial charge in [-0.25, -0.2) is 18.1 Å². The summed E-state index contributed by atoms with van der Waals surface area (Å²) in [6.45, 7) is 6.14. The first-order valence-electron chi connectivity index (χ1n) is 14.9. The van der Waals surface area contributed by atoms with Crippen molar-refractivity contribution in [3.8, 4) is 11.6 Å². The van der Waals surface area contributed by atoms with Crippen LogP contribution in [0.1, 0.15) is 54.9 Å². The average molecular weight is 684 g/mol. The van der Waals surface area contributed by atoms with Gasteiger partial charge in [0.05, 0.1) is 31.7 Å². The number of hydrogen-bond acceptors (Lipinski definition) is 10. The van der Waals surface area contributed by atoms with Crippen molar-refractivity contribution < 1.29 is 27.4 Å². The SMILES string of the molecule is CCOC(=O)CC(c1cc(CN2C[C@@H](CC)Oc3ncc(Cl)cc3S2(=O)=O)c2sccc2c1)c1cc(OC)c2c(nnn2C)c1C. The first-order chi connectivity index (χ1) is 22.0. The van der Waals surface area contributed by atoms with Crippen molar-refractivity contribution in [3.63, 3.8) is 0 Å². The van der Waals surface area contributed by atoms with Gasteiger partial charge >= 0.3 is 5.97 Å². The van der Waals surface area contributed by atoms with E-state index in [0.717, 1.165) is 37.9 Å². The van der Waals surface area contributed by atoms with E-state index < -0.39 is 22.0 Å². The van der Waals surface area contributed by atoms with Crippen LogP contribution in [0.2, 0.25) is 5.02 Å². The molecule has 4 heterocycles. The van der Waals surface area contributed by atoms with E-state index in [1.807, 2.05) is 37.4 Å². The predicted octanol–water partition coefficient (Wildman–Crippen LogP) is 6.00. The number of hydrogen-bond donors (Lipinski definition) is 0. The number of nitrogens with zero attached hydrogens (tertiary/aromatic N) is 5. The predicted molar refractivity (Wildman–Crippen MR) is 176 cm³/mol. The van der Waals surface area contributed by atoms with Crippen molar-refractivity contribution >= 4 is 60.0 Å². The van der Waals surface area contributed by atoms with Crippen LogP contribution in [0.25, 0.3) is 21.1 Å². The number of aromatic nitrogens is 4. The lowest BCUT2D eigenvalue weighted by atomic mass is 9.84. The number of carbonyl (C=O) groups excluding carboxylic acids is 1. The highest BCUT2D eigenvalue weighted by Crippen LogP contribution is 2.41. The summed E-state index contributed by atoms with van der Waals surface area (Å²) in [5, 5.41) is 11.7. The van der Waals surface area contributed by atoms with E-state index in [2.05, 4.69) is 21.4 Å². The van der Waals surface area contributed by atoms with Crippen molar-refractivity contribution in [2.45, 2.75) is 57.1 Å². The molecule has 5 aromatic rings. The summed E-state index contributed by atoms with van der Waals surface area (Å²) in [7, 11) is -0.634. The number of thiophene rings is 1.